The van der Waals surface area contributed by atoms with Crippen molar-refractivity contribution in [2.75, 3.05) is 13.2 Å². The largest absolute Gasteiger partial charge is 0.478 e. The minimum absolute atomic E-state index is 0.0239. The molecule has 1 N–H and O–H groups in total. The Morgan fingerprint density at radius 3 is 2.27 bits per heavy atom. The smallest absolute Gasteiger partial charge is 0.337 e. The van der Waals surface area contributed by atoms with Gasteiger partial charge in [-0.1, -0.05) is 31.9 Å². The number of fused-ring (bicyclic) bond motifs is 1. The summed E-state index contributed by atoms with van der Waals surface area (Å²) in [7, 11) is 0. The first-order chi connectivity index (χ1) is 19.8. The first kappa shape index (κ1) is 29.1. The van der Waals surface area contributed by atoms with Crippen LogP contribution in [0.5, 0.6) is 0 Å². The molecular formula is C31H32ClF2N3O4. The van der Waals surface area contributed by atoms with E-state index in [4.69, 9.17) is 26.1 Å². The highest BCUT2D eigenvalue weighted by Gasteiger charge is 2.60. The Labute approximate surface area is 242 Å². The highest BCUT2D eigenvalue weighted by molar-refractivity contribution is 6.30. The van der Waals surface area contributed by atoms with Crippen molar-refractivity contribution >= 4 is 28.6 Å². The van der Waals surface area contributed by atoms with E-state index in [-0.39, 0.29) is 11.1 Å². The van der Waals surface area contributed by atoms with Gasteiger partial charge < -0.3 is 19.1 Å². The zero-order valence-electron chi connectivity index (χ0n) is 23.0. The average Bonchev–Trinajstić information content (AvgIpc) is 3.34. The standard InChI is InChI=1S/C31H32ClF2N3O4/c1-3-15-40-31(41-16-4-2)14-6-5-13-30(31,27-12-9-21(19-35-27)29(38)39)37-26-18-24(34)23(33)17-25(26)36-28(37)20-7-10-22(32)11-8-20/h7-12,17-19H,3-6,13-16H2,1-2H3,(H,38,39). The molecule has 5 rings (SSSR count). The van der Waals surface area contributed by atoms with Gasteiger partial charge in [-0.2, -0.15) is 0 Å². The van der Waals surface area contributed by atoms with Crippen molar-refractivity contribution in [2.24, 2.45) is 0 Å². The van der Waals surface area contributed by atoms with Crippen LogP contribution in [0.3, 0.4) is 0 Å². The molecule has 0 amide bonds. The monoisotopic (exact) mass is 583 g/mol. The van der Waals surface area contributed by atoms with Gasteiger partial charge >= 0.3 is 5.97 Å². The maximum absolute atomic E-state index is 15.0. The molecule has 0 saturated heterocycles. The minimum atomic E-state index is -1.27. The van der Waals surface area contributed by atoms with Gasteiger partial charge in [-0.05, 0) is 62.1 Å². The Balaban J connectivity index is 1.92. The van der Waals surface area contributed by atoms with E-state index >= 15 is 0 Å². The molecule has 10 heteroatoms. The second kappa shape index (κ2) is 11.8. The molecule has 2 aromatic carbocycles. The van der Waals surface area contributed by atoms with Crippen LogP contribution in [0.2, 0.25) is 5.02 Å². The molecule has 4 aromatic rings. The van der Waals surface area contributed by atoms with Crippen LogP contribution in [0.15, 0.2) is 54.7 Å². The Morgan fingerprint density at radius 1 is 1.00 bits per heavy atom. The Hall–Kier alpha value is -3.40. The van der Waals surface area contributed by atoms with Crippen molar-refractivity contribution < 1.29 is 28.2 Å². The number of hydrogen-bond donors (Lipinski definition) is 1. The topological polar surface area (TPSA) is 86.5 Å². The van der Waals surface area contributed by atoms with Gasteiger partial charge in [0.2, 0.25) is 0 Å². The SMILES string of the molecule is CCCOC1(OCCC)CCCCC1(c1ccc(C(=O)O)cn1)n1c(-c2ccc(Cl)cc2)nc2cc(F)c(F)cc21. The summed E-state index contributed by atoms with van der Waals surface area (Å²) in [5, 5.41) is 10.1. The molecule has 1 atom stereocenters. The van der Waals surface area contributed by atoms with Gasteiger partial charge in [-0.15, -0.1) is 0 Å². The molecule has 1 fully saturated rings. The first-order valence-corrected chi connectivity index (χ1v) is 14.3. The summed E-state index contributed by atoms with van der Waals surface area (Å²) in [6.45, 7) is 4.76. The molecule has 0 aliphatic heterocycles. The molecule has 0 bridgehead atoms. The summed E-state index contributed by atoms with van der Waals surface area (Å²) in [5.74, 6) is -3.98. The first-order valence-electron chi connectivity index (χ1n) is 13.9. The van der Waals surface area contributed by atoms with Crippen molar-refractivity contribution in [1.29, 1.82) is 0 Å². The van der Waals surface area contributed by atoms with E-state index < -0.39 is 28.9 Å². The van der Waals surface area contributed by atoms with Crippen LogP contribution >= 0.6 is 11.6 Å². The summed E-state index contributed by atoms with van der Waals surface area (Å²) < 4.78 is 44.7. The predicted octanol–water partition coefficient (Wildman–Crippen LogP) is 7.60. The van der Waals surface area contributed by atoms with Crippen LogP contribution in [-0.2, 0) is 15.0 Å². The second-order valence-electron chi connectivity index (χ2n) is 10.3. The van der Waals surface area contributed by atoms with Gasteiger partial charge in [0.25, 0.3) is 0 Å². The van der Waals surface area contributed by atoms with Crippen LogP contribution in [0.4, 0.5) is 8.78 Å². The van der Waals surface area contributed by atoms with Crippen LogP contribution in [0.25, 0.3) is 22.4 Å². The number of imidazole rings is 1. The fraction of sp³-hybridized carbons (Fsp3) is 0.387. The molecule has 7 nitrogen and oxygen atoms in total. The third-order valence-corrected chi connectivity index (χ3v) is 7.87. The van der Waals surface area contributed by atoms with E-state index in [1.54, 1.807) is 30.3 Å². The maximum Gasteiger partial charge on any atom is 0.337 e. The van der Waals surface area contributed by atoms with Crippen molar-refractivity contribution in [3.05, 3.63) is 82.6 Å². The van der Waals surface area contributed by atoms with Gasteiger partial charge in [-0.25, -0.2) is 18.6 Å². The highest BCUT2D eigenvalue weighted by atomic mass is 35.5. The number of carboxylic acid groups (broad SMARTS) is 1. The molecule has 1 aliphatic rings. The average molecular weight is 584 g/mol. The third kappa shape index (κ3) is 5.11. The number of nitrogens with zero attached hydrogens (tertiary/aromatic N) is 3. The molecule has 1 saturated carbocycles. The molecular weight excluding hydrogens is 552 g/mol. The van der Waals surface area contributed by atoms with E-state index in [1.807, 2.05) is 18.4 Å². The van der Waals surface area contributed by atoms with Gasteiger partial charge in [0.05, 0.1) is 22.3 Å². The van der Waals surface area contributed by atoms with Crippen LogP contribution in [0.1, 0.15) is 68.4 Å². The van der Waals surface area contributed by atoms with Gasteiger partial charge in [-0.3, -0.25) is 4.98 Å². The number of carboxylic acids is 1. The number of hydrogen-bond acceptors (Lipinski definition) is 5. The summed E-state index contributed by atoms with van der Waals surface area (Å²) in [6.07, 6.45) is 5.25. The normalized spacial score (nSPS) is 18.6. The molecule has 0 radical (unpaired) electrons. The van der Waals surface area contributed by atoms with Crippen LogP contribution < -0.4 is 0 Å². The van der Waals surface area contributed by atoms with Crippen LogP contribution in [0, 0.1) is 11.6 Å². The number of benzene rings is 2. The maximum atomic E-state index is 15.0. The van der Waals surface area contributed by atoms with Gasteiger partial charge in [0.1, 0.15) is 11.4 Å². The van der Waals surface area contributed by atoms with Crippen molar-refractivity contribution in [2.45, 2.75) is 63.7 Å². The number of aromatic carboxylic acids is 1. The van der Waals surface area contributed by atoms with Crippen molar-refractivity contribution in [1.82, 2.24) is 14.5 Å². The zero-order valence-corrected chi connectivity index (χ0v) is 23.8. The number of rotatable bonds is 10. The lowest BCUT2D eigenvalue weighted by Gasteiger charge is -2.53. The van der Waals surface area contributed by atoms with Gasteiger partial charge in [0.15, 0.2) is 17.4 Å². The van der Waals surface area contributed by atoms with Crippen molar-refractivity contribution in [3.8, 4) is 11.4 Å². The fourth-order valence-electron chi connectivity index (χ4n) is 5.83. The Kier molecular flexibility index (Phi) is 8.40. The molecule has 1 unspecified atom stereocenters. The van der Waals surface area contributed by atoms with E-state index in [2.05, 4.69) is 4.98 Å². The number of carbonyl (C=O) groups is 1. The Morgan fingerprint density at radius 2 is 1.66 bits per heavy atom. The summed E-state index contributed by atoms with van der Waals surface area (Å²) in [5.41, 5.74) is 0.536. The van der Waals surface area contributed by atoms with E-state index in [0.717, 1.165) is 25.0 Å². The molecule has 1 aliphatic carbocycles. The number of aromatic nitrogens is 3. The van der Waals surface area contributed by atoms with Gasteiger partial charge in [0, 0.05) is 48.6 Å². The molecule has 2 aromatic heterocycles. The predicted molar refractivity (Wildman–Crippen MR) is 152 cm³/mol. The van der Waals surface area contributed by atoms with Crippen LogP contribution in [-0.4, -0.2) is 44.6 Å². The minimum Gasteiger partial charge on any atom is -0.478 e. The summed E-state index contributed by atoms with van der Waals surface area (Å²) in [6, 6.07) is 12.4. The fourth-order valence-corrected chi connectivity index (χ4v) is 5.96. The molecule has 0 spiro atoms. The van der Waals surface area contributed by atoms with E-state index in [0.29, 0.717) is 66.5 Å². The number of halogens is 3. The zero-order chi connectivity index (χ0) is 29.2. The quantitative estimate of drug-likeness (QED) is 0.194. The lowest BCUT2D eigenvalue weighted by molar-refractivity contribution is -0.297. The summed E-state index contributed by atoms with van der Waals surface area (Å²) >= 11 is 6.21. The molecule has 216 valence electrons. The number of pyridine rings is 1. The third-order valence-electron chi connectivity index (χ3n) is 7.62. The lowest BCUT2D eigenvalue weighted by atomic mass is 9.72. The summed E-state index contributed by atoms with van der Waals surface area (Å²) in [4.78, 5) is 21.2. The molecule has 2 heterocycles. The number of ether oxygens (including phenoxy) is 2. The molecule has 41 heavy (non-hydrogen) atoms. The van der Waals surface area contributed by atoms with E-state index in [1.165, 1.54) is 12.3 Å². The highest BCUT2D eigenvalue weighted by Crippen LogP contribution is 2.53. The van der Waals surface area contributed by atoms with E-state index in [9.17, 15) is 18.7 Å². The Bertz CT molecular complexity index is 1530. The second-order valence-corrected chi connectivity index (χ2v) is 10.7. The van der Waals surface area contributed by atoms with Crippen molar-refractivity contribution in [3.63, 3.8) is 0 Å². The lowest BCUT2D eigenvalue weighted by Crippen LogP contribution is -2.62.